The van der Waals surface area contributed by atoms with Crippen molar-refractivity contribution < 1.29 is 18.5 Å². The molecule has 2 rings (SSSR count). The summed E-state index contributed by atoms with van der Waals surface area (Å²) >= 11 is 0. The number of aromatic nitrogens is 2. The lowest BCUT2D eigenvalue weighted by Crippen LogP contribution is -2.44. The molecule has 7 nitrogen and oxygen atoms in total. The first kappa shape index (κ1) is 13.6. The van der Waals surface area contributed by atoms with E-state index in [9.17, 15) is 14.0 Å². The predicted molar refractivity (Wildman–Crippen MR) is 62.1 cm³/mol. The van der Waals surface area contributed by atoms with Crippen molar-refractivity contribution in [2.45, 2.75) is 32.0 Å². The van der Waals surface area contributed by atoms with Gasteiger partial charge in [-0.05, 0) is 13.3 Å². The van der Waals surface area contributed by atoms with Crippen molar-refractivity contribution in [3.8, 4) is 0 Å². The van der Waals surface area contributed by atoms with Crippen LogP contribution in [0.2, 0.25) is 0 Å². The largest absolute Gasteiger partial charge is 0.338 e. The topological polar surface area (TPSA) is 102 Å². The molecule has 0 spiro atoms. The summed E-state index contributed by atoms with van der Waals surface area (Å²) in [6.07, 6.45) is -0.922. The Labute approximate surface area is 108 Å². The Hall–Kier alpha value is -1.83. The van der Waals surface area contributed by atoms with Crippen molar-refractivity contribution >= 4 is 11.7 Å². The first-order chi connectivity index (χ1) is 8.97. The molecule has 1 aliphatic rings. The van der Waals surface area contributed by atoms with Gasteiger partial charge in [0.05, 0.1) is 12.6 Å². The number of rotatable bonds is 4. The van der Waals surface area contributed by atoms with Gasteiger partial charge in [-0.25, -0.2) is 4.39 Å². The lowest BCUT2D eigenvalue weighted by molar-refractivity contribution is -0.131. The van der Waals surface area contributed by atoms with Crippen LogP contribution in [0.4, 0.5) is 4.39 Å². The first-order valence-electron chi connectivity index (χ1n) is 5.99. The van der Waals surface area contributed by atoms with Crippen LogP contribution in [0.5, 0.6) is 0 Å². The van der Waals surface area contributed by atoms with E-state index in [-0.39, 0.29) is 18.9 Å². The minimum Gasteiger partial charge on any atom is -0.338 e. The number of Topliss-reactive ketones (excluding diaryl/α,β-unsaturated/α-hetero) is 1. The third kappa shape index (κ3) is 3.14. The van der Waals surface area contributed by atoms with Gasteiger partial charge in [0.2, 0.25) is 11.7 Å². The second-order valence-electron chi connectivity index (χ2n) is 4.55. The molecule has 1 fully saturated rings. The van der Waals surface area contributed by atoms with E-state index in [2.05, 4.69) is 10.1 Å². The van der Waals surface area contributed by atoms with E-state index < -0.39 is 23.9 Å². The summed E-state index contributed by atoms with van der Waals surface area (Å²) in [5, 5.41) is 3.48. The average Bonchev–Trinajstić information content (AvgIpc) is 2.97. The van der Waals surface area contributed by atoms with Crippen LogP contribution >= 0.6 is 0 Å². The number of nitrogens with two attached hydrogens (primary N) is 1. The summed E-state index contributed by atoms with van der Waals surface area (Å²) in [7, 11) is 0. The summed E-state index contributed by atoms with van der Waals surface area (Å²) in [6.45, 7) is 1.96. The second-order valence-corrected chi connectivity index (χ2v) is 4.55. The molecule has 0 aliphatic carbocycles. The second kappa shape index (κ2) is 5.43. The predicted octanol–water partition coefficient (Wildman–Crippen LogP) is -0.151. The minimum atomic E-state index is -1.01. The number of carbonyl (C=O) groups is 2. The molecule has 2 atom stereocenters. The molecule has 19 heavy (non-hydrogen) atoms. The zero-order chi connectivity index (χ0) is 14.0. The van der Waals surface area contributed by atoms with E-state index in [1.807, 2.05) is 0 Å². The van der Waals surface area contributed by atoms with Crippen LogP contribution in [-0.4, -0.2) is 52.0 Å². The molecule has 1 aliphatic heterocycles. The number of hydrogen-bond acceptors (Lipinski definition) is 6. The van der Waals surface area contributed by atoms with Crippen molar-refractivity contribution in [3.63, 3.8) is 0 Å². The smallest absolute Gasteiger partial charge is 0.294 e. The van der Waals surface area contributed by atoms with E-state index in [1.165, 1.54) is 4.90 Å². The molecule has 1 saturated heterocycles. The Morgan fingerprint density at radius 3 is 2.89 bits per heavy atom. The molecule has 2 heterocycles. The minimum absolute atomic E-state index is 0.0421. The maximum absolute atomic E-state index is 13.0. The van der Waals surface area contributed by atoms with Crippen LogP contribution in [0.15, 0.2) is 4.52 Å². The Balaban J connectivity index is 1.91. The molecule has 0 saturated carbocycles. The van der Waals surface area contributed by atoms with Gasteiger partial charge in [-0.2, -0.15) is 4.98 Å². The lowest BCUT2D eigenvalue weighted by Gasteiger charge is -2.19. The van der Waals surface area contributed by atoms with Crippen LogP contribution < -0.4 is 5.73 Å². The lowest BCUT2D eigenvalue weighted by atomic mass is 10.1. The zero-order valence-electron chi connectivity index (χ0n) is 10.5. The van der Waals surface area contributed by atoms with Crippen molar-refractivity contribution in [3.05, 3.63) is 11.7 Å². The standard InChI is InChI=1S/C11H15FN4O3/c1-6-14-10(19-15-6)9(17)4-8(13)11(18)16-3-2-7(12)5-16/h7-8H,2-5,13H2,1H3/t7-,8-/m0/s1. The number of amides is 1. The summed E-state index contributed by atoms with van der Waals surface area (Å²) in [6, 6.07) is -1.01. The normalized spacial score (nSPS) is 20.6. The van der Waals surface area contributed by atoms with Crippen molar-refractivity contribution in [2.75, 3.05) is 13.1 Å². The number of nitrogens with zero attached hydrogens (tertiary/aromatic N) is 3. The Kier molecular flexibility index (Phi) is 3.89. The molecule has 0 bridgehead atoms. The van der Waals surface area contributed by atoms with Gasteiger partial charge in [-0.1, -0.05) is 5.16 Å². The van der Waals surface area contributed by atoms with Gasteiger partial charge >= 0.3 is 0 Å². The van der Waals surface area contributed by atoms with E-state index in [4.69, 9.17) is 10.3 Å². The quantitative estimate of drug-likeness (QED) is 0.763. The van der Waals surface area contributed by atoms with Crippen molar-refractivity contribution in [1.82, 2.24) is 15.0 Å². The molecule has 1 amide bonds. The summed E-state index contributed by atoms with van der Waals surface area (Å²) < 4.78 is 17.7. The maximum atomic E-state index is 13.0. The fourth-order valence-corrected chi connectivity index (χ4v) is 1.94. The van der Waals surface area contributed by atoms with Gasteiger partial charge < -0.3 is 15.2 Å². The molecule has 8 heteroatoms. The number of hydrogen-bond donors (Lipinski definition) is 1. The average molecular weight is 270 g/mol. The van der Waals surface area contributed by atoms with Crippen LogP contribution in [0.1, 0.15) is 29.4 Å². The number of alkyl halides is 1. The van der Waals surface area contributed by atoms with Gasteiger partial charge in [-0.15, -0.1) is 0 Å². The van der Waals surface area contributed by atoms with Crippen molar-refractivity contribution in [2.24, 2.45) is 5.73 Å². The molecule has 1 aromatic rings. The molecule has 0 aromatic carbocycles. The SMILES string of the molecule is Cc1noc(C(=O)C[C@H](N)C(=O)N2CC[C@H](F)C2)n1. The highest BCUT2D eigenvalue weighted by Gasteiger charge is 2.31. The van der Waals surface area contributed by atoms with E-state index in [0.717, 1.165) is 0 Å². The highest BCUT2D eigenvalue weighted by atomic mass is 19.1. The number of halogens is 1. The summed E-state index contributed by atoms with van der Waals surface area (Å²) in [4.78, 5) is 28.7. The highest BCUT2D eigenvalue weighted by Crippen LogP contribution is 2.14. The van der Waals surface area contributed by atoms with Gasteiger partial charge in [0.15, 0.2) is 5.82 Å². The van der Waals surface area contributed by atoms with Crippen molar-refractivity contribution in [1.29, 1.82) is 0 Å². The Bertz CT molecular complexity index is 490. The number of carbonyl (C=O) groups excluding carboxylic acids is 2. The molecular weight excluding hydrogens is 255 g/mol. The fraction of sp³-hybridized carbons (Fsp3) is 0.636. The van der Waals surface area contributed by atoms with Crippen LogP contribution in [0, 0.1) is 6.92 Å². The molecule has 0 radical (unpaired) electrons. The van der Waals surface area contributed by atoms with Gasteiger partial charge in [0, 0.05) is 13.0 Å². The van der Waals surface area contributed by atoms with Crippen LogP contribution in [-0.2, 0) is 4.79 Å². The van der Waals surface area contributed by atoms with E-state index in [1.54, 1.807) is 6.92 Å². The molecule has 1 aromatic heterocycles. The molecule has 0 unspecified atom stereocenters. The zero-order valence-corrected chi connectivity index (χ0v) is 10.5. The fourth-order valence-electron chi connectivity index (χ4n) is 1.94. The highest BCUT2D eigenvalue weighted by molar-refractivity contribution is 5.96. The third-order valence-corrected chi connectivity index (χ3v) is 2.93. The number of likely N-dealkylation sites (tertiary alicyclic amines) is 1. The molecular formula is C11H15FN4O3. The summed E-state index contributed by atoms with van der Waals surface area (Å²) in [5.41, 5.74) is 5.66. The Morgan fingerprint density at radius 1 is 1.63 bits per heavy atom. The number of ketones is 1. The summed E-state index contributed by atoms with van der Waals surface area (Å²) in [5.74, 6) is -0.740. The molecule has 2 N–H and O–H groups in total. The van der Waals surface area contributed by atoms with Crippen LogP contribution in [0.25, 0.3) is 0 Å². The maximum Gasteiger partial charge on any atom is 0.294 e. The molecule has 104 valence electrons. The first-order valence-corrected chi connectivity index (χ1v) is 5.99. The Morgan fingerprint density at radius 2 is 2.37 bits per heavy atom. The van der Waals surface area contributed by atoms with Crippen LogP contribution in [0.3, 0.4) is 0 Å². The number of aryl methyl sites for hydroxylation is 1. The van der Waals surface area contributed by atoms with E-state index >= 15 is 0 Å². The third-order valence-electron chi connectivity index (χ3n) is 2.93. The monoisotopic (exact) mass is 270 g/mol. The van der Waals surface area contributed by atoms with Gasteiger partial charge in [0.25, 0.3) is 5.89 Å². The van der Waals surface area contributed by atoms with E-state index in [0.29, 0.717) is 18.8 Å². The van der Waals surface area contributed by atoms with Gasteiger partial charge in [0.1, 0.15) is 6.17 Å². The van der Waals surface area contributed by atoms with Gasteiger partial charge in [-0.3, -0.25) is 9.59 Å².